The fourth-order valence-electron chi connectivity index (χ4n) is 2.99. The molecule has 1 fully saturated rings. The smallest absolute Gasteiger partial charge is 0.325 e. The number of benzene rings is 1. The summed E-state index contributed by atoms with van der Waals surface area (Å²) in [6.07, 6.45) is 0. The number of carbonyl (C=O) groups is 3. The van der Waals surface area contributed by atoms with Crippen LogP contribution in [0.4, 0.5) is 4.79 Å². The van der Waals surface area contributed by atoms with Gasteiger partial charge in [-0.1, -0.05) is 38.1 Å². The summed E-state index contributed by atoms with van der Waals surface area (Å²) in [7, 11) is 1.54. The molecule has 0 saturated carbocycles. The van der Waals surface area contributed by atoms with Gasteiger partial charge in [0, 0.05) is 13.2 Å². The fraction of sp³-hybridized carbons (Fsp3) is 0.526. The highest BCUT2D eigenvalue weighted by Crippen LogP contribution is 2.29. The molecule has 1 aliphatic heterocycles. The number of urea groups is 1. The van der Waals surface area contributed by atoms with Gasteiger partial charge in [0.25, 0.3) is 5.91 Å². The Kier molecular flexibility index (Phi) is 6.02. The maximum Gasteiger partial charge on any atom is 0.325 e. The van der Waals surface area contributed by atoms with Gasteiger partial charge in [0.15, 0.2) is 0 Å². The molecule has 1 aliphatic rings. The Morgan fingerprint density at radius 1 is 1.23 bits per heavy atom. The van der Waals surface area contributed by atoms with E-state index >= 15 is 0 Å². The molecule has 1 aromatic carbocycles. The molecule has 142 valence electrons. The number of amides is 4. The zero-order chi connectivity index (χ0) is 19.5. The van der Waals surface area contributed by atoms with Gasteiger partial charge in [-0.05, 0) is 30.9 Å². The lowest BCUT2D eigenvalue weighted by molar-refractivity contribution is -0.135. The van der Waals surface area contributed by atoms with E-state index in [-0.39, 0.29) is 12.6 Å². The zero-order valence-electron chi connectivity index (χ0n) is 16.0. The standard InChI is InChI=1S/C19H27N3O4/c1-12(2)14-6-8-15(9-7-14)19(4)17(24)22(18(25)21-19)10-16(23)20-13(3)11-26-5/h6-9,12-13H,10-11H2,1-5H3,(H,20,23)(H,21,25). The van der Waals surface area contributed by atoms with Gasteiger partial charge in [0.1, 0.15) is 12.1 Å². The second kappa shape index (κ2) is 7.86. The first-order valence-corrected chi connectivity index (χ1v) is 8.72. The Balaban J connectivity index is 2.12. The molecule has 2 rings (SSSR count). The lowest BCUT2D eigenvalue weighted by atomic mass is 9.90. The molecule has 7 heteroatoms. The van der Waals surface area contributed by atoms with E-state index in [4.69, 9.17) is 4.74 Å². The van der Waals surface area contributed by atoms with Gasteiger partial charge >= 0.3 is 6.03 Å². The number of carbonyl (C=O) groups excluding carboxylic acids is 3. The maximum absolute atomic E-state index is 12.8. The van der Waals surface area contributed by atoms with Crippen LogP contribution in [0.3, 0.4) is 0 Å². The van der Waals surface area contributed by atoms with Gasteiger partial charge in [0.05, 0.1) is 6.61 Å². The number of nitrogens with one attached hydrogen (secondary N) is 2. The Bertz CT molecular complexity index is 687. The summed E-state index contributed by atoms with van der Waals surface area (Å²) in [5.74, 6) is -0.466. The summed E-state index contributed by atoms with van der Waals surface area (Å²) < 4.78 is 4.96. The van der Waals surface area contributed by atoms with E-state index in [1.165, 1.54) is 7.11 Å². The summed E-state index contributed by atoms with van der Waals surface area (Å²) >= 11 is 0. The van der Waals surface area contributed by atoms with Crippen LogP contribution in [0.25, 0.3) is 0 Å². The van der Waals surface area contributed by atoms with Crippen molar-refractivity contribution < 1.29 is 19.1 Å². The minimum absolute atomic E-state index is 0.205. The minimum Gasteiger partial charge on any atom is -0.383 e. The van der Waals surface area contributed by atoms with Crippen LogP contribution in [0, 0.1) is 0 Å². The third-order valence-electron chi connectivity index (χ3n) is 4.56. The average molecular weight is 361 g/mol. The monoisotopic (exact) mass is 361 g/mol. The highest BCUT2D eigenvalue weighted by molar-refractivity contribution is 6.09. The van der Waals surface area contributed by atoms with Crippen molar-refractivity contribution in [1.29, 1.82) is 0 Å². The lowest BCUT2D eigenvalue weighted by Gasteiger charge is -2.23. The van der Waals surface area contributed by atoms with Crippen molar-refractivity contribution in [2.24, 2.45) is 0 Å². The molecule has 2 unspecified atom stereocenters. The van der Waals surface area contributed by atoms with Crippen LogP contribution in [0.5, 0.6) is 0 Å². The van der Waals surface area contributed by atoms with E-state index in [1.54, 1.807) is 13.8 Å². The summed E-state index contributed by atoms with van der Waals surface area (Å²) in [5.41, 5.74) is 0.666. The van der Waals surface area contributed by atoms with Crippen LogP contribution in [0.1, 0.15) is 44.7 Å². The van der Waals surface area contributed by atoms with Crippen LogP contribution in [-0.2, 0) is 19.9 Å². The third kappa shape index (κ3) is 4.04. The molecule has 0 bridgehead atoms. The Labute approximate surface area is 154 Å². The Hall–Kier alpha value is -2.41. The average Bonchev–Trinajstić information content (AvgIpc) is 2.79. The highest BCUT2D eigenvalue weighted by Gasteiger charge is 2.49. The first kappa shape index (κ1) is 19.9. The van der Waals surface area contributed by atoms with Crippen LogP contribution in [0.15, 0.2) is 24.3 Å². The summed E-state index contributed by atoms with van der Waals surface area (Å²) in [5, 5.41) is 5.41. The molecule has 26 heavy (non-hydrogen) atoms. The summed E-state index contributed by atoms with van der Waals surface area (Å²) in [6, 6.07) is 6.82. The molecule has 1 aromatic rings. The predicted octanol–water partition coefficient (Wildman–Crippen LogP) is 1.73. The number of hydrogen-bond acceptors (Lipinski definition) is 4. The number of rotatable bonds is 7. The minimum atomic E-state index is -1.18. The van der Waals surface area contributed by atoms with E-state index in [0.717, 1.165) is 10.5 Å². The fourth-order valence-corrected chi connectivity index (χ4v) is 2.99. The number of imide groups is 1. The zero-order valence-corrected chi connectivity index (χ0v) is 16.0. The van der Waals surface area contributed by atoms with Crippen molar-refractivity contribution in [3.63, 3.8) is 0 Å². The maximum atomic E-state index is 12.8. The molecule has 1 heterocycles. The highest BCUT2D eigenvalue weighted by atomic mass is 16.5. The summed E-state index contributed by atoms with van der Waals surface area (Å²) in [6.45, 7) is 7.65. The molecular weight excluding hydrogens is 334 g/mol. The molecule has 2 atom stereocenters. The topological polar surface area (TPSA) is 87.7 Å². The van der Waals surface area contributed by atoms with Crippen molar-refractivity contribution in [3.8, 4) is 0 Å². The lowest BCUT2D eigenvalue weighted by Crippen LogP contribution is -2.45. The second-order valence-corrected chi connectivity index (χ2v) is 7.15. The van der Waals surface area contributed by atoms with Gasteiger partial charge in [0.2, 0.25) is 5.91 Å². The van der Waals surface area contributed by atoms with Crippen molar-refractivity contribution in [1.82, 2.24) is 15.5 Å². The first-order chi connectivity index (χ1) is 12.2. The second-order valence-electron chi connectivity index (χ2n) is 7.15. The predicted molar refractivity (Wildman–Crippen MR) is 97.6 cm³/mol. The van der Waals surface area contributed by atoms with Crippen molar-refractivity contribution in [2.45, 2.75) is 45.2 Å². The van der Waals surface area contributed by atoms with E-state index in [9.17, 15) is 14.4 Å². The normalized spacial score (nSPS) is 21.1. The first-order valence-electron chi connectivity index (χ1n) is 8.72. The molecule has 2 N–H and O–H groups in total. The Morgan fingerprint density at radius 2 is 1.85 bits per heavy atom. The largest absolute Gasteiger partial charge is 0.383 e. The van der Waals surface area contributed by atoms with Gasteiger partial charge < -0.3 is 15.4 Å². The van der Waals surface area contributed by atoms with Crippen molar-refractivity contribution in [2.75, 3.05) is 20.3 Å². The number of nitrogens with zero attached hydrogens (tertiary/aromatic N) is 1. The third-order valence-corrected chi connectivity index (χ3v) is 4.56. The van der Waals surface area contributed by atoms with E-state index in [1.807, 2.05) is 24.3 Å². The quantitative estimate of drug-likeness (QED) is 0.724. The van der Waals surface area contributed by atoms with Crippen LogP contribution in [0.2, 0.25) is 0 Å². The number of hydrogen-bond donors (Lipinski definition) is 2. The molecule has 0 radical (unpaired) electrons. The van der Waals surface area contributed by atoms with Crippen LogP contribution in [-0.4, -0.2) is 49.0 Å². The van der Waals surface area contributed by atoms with Crippen molar-refractivity contribution in [3.05, 3.63) is 35.4 Å². The molecule has 0 aromatic heterocycles. The van der Waals surface area contributed by atoms with E-state index in [2.05, 4.69) is 24.5 Å². The van der Waals surface area contributed by atoms with Crippen molar-refractivity contribution >= 4 is 17.8 Å². The summed E-state index contributed by atoms with van der Waals surface area (Å²) in [4.78, 5) is 38.2. The van der Waals surface area contributed by atoms with E-state index < -0.39 is 23.4 Å². The van der Waals surface area contributed by atoms with E-state index in [0.29, 0.717) is 18.1 Å². The molecule has 0 spiro atoms. The van der Waals surface area contributed by atoms with Gasteiger partial charge in [-0.15, -0.1) is 0 Å². The number of ether oxygens (including phenoxy) is 1. The van der Waals surface area contributed by atoms with Gasteiger partial charge in [-0.2, -0.15) is 0 Å². The number of methoxy groups -OCH3 is 1. The van der Waals surface area contributed by atoms with Crippen LogP contribution < -0.4 is 10.6 Å². The Morgan fingerprint density at radius 3 is 2.38 bits per heavy atom. The van der Waals surface area contributed by atoms with Gasteiger partial charge in [-0.3, -0.25) is 14.5 Å². The van der Waals surface area contributed by atoms with Crippen LogP contribution >= 0.6 is 0 Å². The molecule has 0 aliphatic carbocycles. The molecule has 1 saturated heterocycles. The molecular formula is C19H27N3O4. The van der Waals surface area contributed by atoms with Gasteiger partial charge in [-0.25, -0.2) is 4.79 Å². The molecule has 7 nitrogen and oxygen atoms in total. The SMILES string of the molecule is COCC(C)NC(=O)CN1C(=O)NC(C)(c2ccc(C(C)C)cc2)C1=O. The molecule has 4 amide bonds.